The van der Waals surface area contributed by atoms with E-state index in [0.717, 1.165) is 23.6 Å². The molecule has 4 nitrogen and oxygen atoms in total. The lowest BCUT2D eigenvalue weighted by Gasteiger charge is -2.20. The summed E-state index contributed by atoms with van der Waals surface area (Å²) >= 11 is 5.41. The van der Waals surface area contributed by atoms with Crippen molar-refractivity contribution in [1.29, 1.82) is 0 Å². The Morgan fingerprint density at radius 2 is 1.48 bits per heavy atom. The van der Waals surface area contributed by atoms with Gasteiger partial charge >= 0.3 is 0 Å². The molecule has 23 heavy (non-hydrogen) atoms. The minimum absolute atomic E-state index is 0.152. The first-order valence-corrected chi connectivity index (χ1v) is 7.92. The van der Waals surface area contributed by atoms with Crippen molar-refractivity contribution in [2.24, 2.45) is 0 Å². The monoisotopic (exact) mass is 330 g/mol. The lowest BCUT2D eigenvalue weighted by molar-refractivity contribution is 0.414. The van der Waals surface area contributed by atoms with Gasteiger partial charge in [-0.3, -0.25) is 0 Å². The first-order valence-electron chi connectivity index (χ1n) is 7.51. The number of benzene rings is 2. The van der Waals surface area contributed by atoms with Crippen molar-refractivity contribution in [3.63, 3.8) is 0 Å². The van der Waals surface area contributed by atoms with Crippen LogP contribution in [0.2, 0.25) is 0 Å². The highest BCUT2D eigenvalue weighted by Gasteiger charge is 2.11. The van der Waals surface area contributed by atoms with Crippen LogP contribution in [0.15, 0.2) is 48.5 Å². The Hall–Kier alpha value is -2.27. The first kappa shape index (κ1) is 17.1. The van der Waals surface area contributed by atoms with Crippen molar-refractivity contribution in [3.8, 4) is 11.5 Å². The molecule has 0 aliphatic rings. The van der Waals surface area contributed by atoms with E-state index in [1.165, 1.54) is 5.56 Å². The van der Waals surface area contributed by atoms with E-state index in [1.54, 1.807) is 14.2 Å². The van der Waals surface area contributed by atoms with Gasteiger partial charge in [-0.15, -0.1) is 0 Å². The molecule has 0 bridgehead atoms. The normalized spacial score (nSPS) is 11.4. The van der Waals surface area contributed by atoms with Crippen molar-refractivity contribution in [2.75, 3.05) is 19.5 Å². The second-order valence-corrected chi connectivity index (χ2v) is 5.47. The van der Waals surface area contributed by atoms with Gasteiger partial charge in [-0.05, 0) is 60.6 Å². The van der Waals surface area contributed by atoms with E-state index in [-0.39, 0.29) is 6.04 Å². The summed E-state index contributed by atoms with van der Waals surface area (Å²) in [6, 6.07) is 15.8. The summed E-state index contributed by atoms with van der Waals surface area (Å²) in [6.07, 6.45) is 0.927. The predicted molar refractivity (Wildman–Crippen MR) is 98.4 cm³/mol. The Labute approximate surface area is 142 Å². The molecule has 5 heteroatoms. The van der Waals surface area contributed by atoms with E-state index in [2.05, 4.69) is 29.7 Å². The second-order valence-electron chi connectivity index (χ2n) is 5.06. The minimum atomic E-state index is 0.152. The third-order valence-corrected chi connectivity index (χ3v) is 3.80. The van der Waals surface area contributed by atoms with Crippen LogP contribution in [0, 0.1) is 0 Å². The molecule has 0 aromatic heterocycles. The molecule has 1 atom stereocenters. The molecule has 0 aliphatic carbocycles. The fourth-order valence-electron chi connectivity index (χ4n) is 2.26. The third kappa shape index (κ3) is 4.86. The SMILES string of the molecule is CCC(NC(=S)Nc1ccc(OC)cc1)c1ccc(OC)cc1. The summed E-state index contributed by atoms with van der Waals surface area (Å²) in [5.41, 5.74) is 2.10. The zero-order chi connectivity index (χ0) is 16.7. The third-order valence-electron chi connectivity index (χ3n) is 3.58. The zero-order valence-corrected chi connectivity index (χ0v) is 14.4. The standard InChI is InChI=1S/C18H22N2O2S/c1-4-17(13-5-9-15(21-2)10-6-13)20-18(23)19-14-7-11-16(22-3)12-8-14/h5-12,17H,4H2,1-3H3,(H2,19,20,23). The number of hydrogen-bond donors (Lipinski definition) is 2. The van der Waals surface area contributed by atoms with Crippen molar-refractivity contribution in [1.82, 2.24) is 5.32 Å². The zero-order valence-electron chi connectivity index (χ0n) is 13.6. The maximum Gasteiger partial charge on any atom is 0.171 e. The van der Waals surface area contributed by atoms with E-state index in [9.17, 15) is 0 Å². The summed E-state index contributed by atoms with van der Waals surface area (Å²) in [7, 11) is 3.31. The van der Waals surface area contributed by atoms with Crippen LogP contribution in [0.1, 0.15) is 24.9 Å². The van der Waals surface area contributed by atoms with Gasteiger partial charge in [0.1, 0.15) is 11.5 Å². The fourth-order valence-corrected chi connectivity index (χ4v) is 2.52. The van der Waals surface area contributed by atoms with E-state index in [4.69, 9.17) is 21.7 Å². The first-order chi connectivity index (χ1) is 11.2. The van der Waals surface area contributed by atoms with Gasteiger partial charge in [-0.1, -0.05) is 19.1 Å². The average Bonchev–Trinajstić information content (AvgIpc) is 2.60. The summed E-state index contributed by atoms with van der Waals surface area (Å²) < 4.78 is 10.3. The van der Waals surface area contributed by atoms with Gasteiger partial charge < -0.3 is 20.1 Å². The molecule has 2 N–H and O–H groups in total. The average molecular weight is 330 g/mol. The number of anilines is 1. The molecular weight excluding hydrogens is 308 g/mol. The van der Waals surface area contributed by atoms with Crippen LogP contribution in [0.4, 0.5) is 5.69 Å². The highest BCUT2D eigenvalue weighted by atomic mass is 32.1. The summed E-state index contributed by atoms with van der Waals surface area (Å²) in [6.45, 7) is 2.12. The smallest absolute Gasteiger partial charge is 0.171 e. The molecule has 0 fully saturated rings. The van der Waals surface area contributed by atoms with Crippen LogP contribution in [-0.4, -0.2) is 19.3 Å². The lowest BCUT2D eigenvalue weighted by atomic mass is 10.0. The number of nitrogens with one attached hydrogen (secondary N) is 2. The largest absolute Gasteiger partial charge is 0.497 e. The molecule has 2 rings (SSSR count). The highest BCUT2D eigenvalue weighted by molar-refractivity contribution is 7.80. The van der Waals surface area contributed by atoms with Crippen molar-refractivity contribution < 1.29 is 9.47 Å². The molecule has 0 amide bonds. The van der Waals surface area contributed by atoms with Crippen molar-refractivity contribution >= 4 is 23.0 Å². The number of thiocarbonyl (C=S) groups is 1. The molecule has 0 aliphatic heterocycles. The van der Waals surface area contributed by atoms with Crippen LogP contribution in [0.5, 0.6) is 11.5 Å². The highest BCUT2D eigenvalue weighted by Crippen LogP contribution is 2.20. The van der Waals surface area contributed by atoms with Crippen molar-refractivity contribution in [3.05, 3.63) is 54.1 Å². The Balaban J connectivity index is 1.97. The second kappa shape index (κ2) is 8.39. The van der Waals surface area contributed by atoms with Gasteiger partial charge in [0.25, 0.3) is 0 Å². The number of hydrogen-bond acceptors (Lipinski definition) is 3. The fraction of sp³-hybridized carbons (Fsp3) is 0.278. The Kier molecular flexibility index (Phi) is 6.23. The molecule has 0 spiro atoms. The van der Waals surface area contributed by atoms with Gasteiger partial charge in [0, 0.05) is 5.69 Å². The maximum absolute atomic E-state index is 5.41. The molecule has 2 aromatic rings. The van der Waals surface area contributed by atoms with Crippen LogP contribution in [0.25, 0.3) is 0 Å². The van der Waals surface area contributed by atoms with Crippen LogP contribution >= 0.6 is 12.2 Å². The van der Waals surface area contributed by atoms with Crippen molar-refractivity contribution in [2.45, 2.75) is 19.4 Å². The van der Waals surface area contributed by atoms with Gasteiger partial charge in [-0.2, -0.15) is 0 Å². The molecule has 0 radical (unpaired) electrons. The number of rotatable bonds is 6. The molecule has 122 valence electrons. The van der Waals surface area contributed by atoms with E-state index in [0.29, 0.717) is 5.11 Å². The molecule has 0 saturated heterocycles. The summed E-state index contributed by atoms with van der Waals surface area (Å²) in [5, 5.41) is 7.13. The van der Waals surface area contributed by atoms with E-state index < -0.39 is 0 Å². The molecular formula is C18H22N2O2S. The summed E-state index contributed by atoms with van der Waals surface area (Å²) in [4.78, 5) is 0. The van der Waals surface area contributed by atoms with Crippen LogP contribution < -0.4 is 20.1 Å². The van der Waals surface area contributed by atoms with Crippen LogP contribution in [-0.2, 0) is 0 Å². The predicted octanol–water partition coefficient (Wildman–Crippen LogP) is 4.14. The molecule has 0 saturated carbocycles. The number of methoxy groups -OCH3 is 2. The molecule has 1 unspecified atom stereocenters. The number of ether oxygens (including phenoxy) is 2. The van der Waals surface area contributed by atoms with E-state index in [1.807, 2.05) is 36.4 Å². The maximum atomic E-state index is 5.41. The molecule has 0 heterocycles. The van der Waals surface area contributed by atoms with Gasteiger partial charge in [0.2, 0.25) is 0 Å². The Bertz CT molecular complexity index is 626. The minimum Gasteiger partial charge on any atom is -0.497 e. The molecule has 2 aromatic carbocycles. The topological polar surface area (TPSA) is 42.5 Å². The van der Waals surface area contributed by atoms with Gasteiger partial charge in [0.05, 0.1) is 20.3 Å². The van der Waals surface area contributed by atoms with E-state index >= 15 is 0 Å². The van der Waals surface area contributed by atoms with Gasteiger partial charge in [-0.25, -0.2) is 0 Å². The Morgan fingerprint density at radius 1 is 0.957 bits per heavy atom. The van der Waals surface area contributed by atoms with Crippen LogP contribution in [0.3, 0.4) is 0 Å². The summed E-state index contributed by atoms with van der Waals surface area (Å²) in [5.74, 6) is 1.67. The lowest BCUT2D eigenvalue weighted by Crippen LogP contribution is -2.32. The Morgan fingerprint density at radius 3 is 1.96 bits per heavy atom. The van der Waals surface area contributed by atoms with Gasteiger partial charge in [0.15, 0.2) is 5.11 Å². The quantitative estimate of drug-likeness (QED) is 0.779.